The third-order valence-corrected chi connectivity index (χ3v) is 5.12. The molecule has 0 saturated heterocycles. The molecule has 0 bridgehead atoms. The summed E-state index contributed by atoms with van der Waals surface area (Å²) < 4.78 is 0. The number of carbonyl (C=O) groups excluding carboxylic acids is 1. The summed E-state index contributed by atoms with van der Waals surface area (Å²) in [5.74, 6) is 4.62. The van der Waals surface area contributed by atoms with Crippen LogP contribution in [-0.2, 0) is 4.79 Å². The Morgan fingerprint density at radius 1 is 0.704 bits per heavy atom. The summed E-state index contributed by atoms with van der Waals surface area (Å²) in [6.07, 6.45) is 1.66. The van der Waals surface area contributed by atoms with Gasteiger partial charge in [-0.1, -0.05) is 62.0 Å². The van der Waals surface area contributed by atoms with Crippen molar-refractivity contribution in [3.05, 3.63) is 12.3 Å². The highest BCUT2D eigenvalue weighted by molar-refractivity contribution is 7.99. The summed E-state index contributed by atoms with van der Waals surface area (Å²) in [7, 11) is 0. The van der Waals surface area contributed by atoms with E-state index in [2.05, 4.69) is 71.8 Å². The fourth-order valence-corrected chi connectivity index (χ4v) is 4.04. The Hall–Kier alpha value is -0.640. The highest BCUT2D eigenvalue weighted by Crippen LogP contribution is 2.17. The van der Waals surface area contributed by atoms with Crippen LogP contribution >= 0.6 is 11.8 Å². The lowest BCUT2D eigenvalue weighted by molar-refractivity contribution is -0.131. The van der Waals surface area contributed by atoms with Gasteiger partial charge in [-0.2, -0.15) is 11.8 Å². The van der Waals surface area contributed by atoms with Crippen molar-refractivity contribution in [1.82, 2.24) is 9.80 Å². The summed E-state index contributed by atoms with van der Waals surface area (Å²) in [6.45, 7) is 26.0. The minimum atomic E-state index is 0.310. The second kappa shape index (κ2) is 14.4. The van der Waals surface area contributed by atoms with Gasteiger partial charge in [0.15, 0.2) is 0 Å². The van der Waals surface area contributed by atoms with Crippen LogP contribution in [0, 0.1) is 23.7 Å². The molecule has 3 nitrogen and oxygen atoms in total. The van der Waals surface area contributed by atoms with Gasteiger partial charge in [0, 0.05) is 44.0 Å². The lowest BCUT2D eigenvalue weighted by atomic mass is 10.1. The van der Waals surface area contributed by atoms with Crippen LogP contribution < -0.4 is 0 Å². The molecule has 0 unspecified atom stereocenters. The zero-order chi connectivity index (χ0) is 21.0. The third-order valence-electron chi connectivity index (χ3n) is 4.14. The van der Waals surface area contributed by atoms with Crippen molar-refractivity contribution in [3.63, 3.8) is 0 Å². The number of nitrogens with zero attached hydrogens (tertiary/aromatic N) is 2. The molecular weight excluding hydrogens is 352 g/mol. The van der Waals surface area contributed by atoms with Crippen LogP contribution in [-0.4, -0.2) is 53.4 Å². The molecular formula is C23H46N2OS. The van der Waals surface area contributed by atoms with Gasteiger partial charge in [-0.3, -0.25) is 4.79 Å². The van der Waals surface area contributed by atoms with Crippen LogP contribution in [0.3, 0.4) is 0 Å². The molecule has 4 heteroatoms. The number of carbonyl (C=O) groups is 1. The summed E-state index contributed by atoms with van der Waals surface area (Å²) in [5, 5.41) is 0. The maximum Gasteiger partial charge on any atom is 0.223 e. The molecule has 0 saturated carbocycles. The zero-order valence-electron chi connectivity index (χ0n) is 19.4. The quantitative estimate of drug-likeness (QED) is 0.327. The first-order valence-electron chi connectivity index (χ1n) is 10.8. The number of hydrogen-bond acceptors (Lipinski definition) is 3. The fraction of sp³-hybridized carbons (Fsp3) is 0.870. The second-order valence-electron chi connectivity index (χ2n) is 9.46. The summed E-state index contributed by atoms with van der Waals surface area (Å²) in [6, 6.07) is 0. The van der Waals surface area contributed by atoms with Gasteiger partial charge in [-0.25, -0.2) is 0 Å². The van der Waals surface area contributed by atoms with E-state index in [9.17, 15) is 4.79 Å². The predicted molar refractivity (Wildman–Crippen MR) is 123 cm³/mol. The molecule has 0 spiro atoms. The van der Waals surface area contributed by atoms with Gasteiger partial charge in [-0.15, -0.1) is 0 Å². The van der Waals surface area contributed by atoms with Crippen molar-refractivity contribution in [1.29, 1.82) is 0 Å². The van der Waals surface area contributed by atoms with Crippen molar-refractivity contribution in [3.8, 4) is 0 Å². The molecule has 0 heterocycles. The average Bonchev–Trinajstić information content (AvgIpc) is 2.51. The van der Waals surface area contributed by atoms with Crippen molar-refractivity contribution < 1.29 is 4.79 Å². The van der Waals surface area contributed by atoms with Gasteiger partial charge in [0.05, 0.1) is 0 Å². The zero-order valence-corrected chi connectivity index (χ0v) is 20.2. The van der Waals surface area contributed by atoms with Gasteiger partial charge in [0.1, 0.15) is 0 Å². The lowest BCUT2D eigenvalue weighted by Crippen LogP contribution is -2.37. The maximum absolute atomic E-state index is 12.5. The SMILES string of the molecule is C=C(CCSCCC(=O)N(CC(C)C)CC(C)C)N(CC(C)C)CC(C)C. The number of amides is 1. The van der Waals surface area contributed by atoms with Crippen LogP contribution in [0.15, 0.2) is 12.3 Å². The number of rotatable bonds is 15. The Labute approximate surface area is 174 Å². The Morgan fingerprint density at radius 2 is 1.07 bits per heavy atom. The molecule has 160 valence electrons. The van der Waals surface area contributed by atoms with Crippen molar-refractivity contribution in [2.45, 2.75) is 68.2 Å². The predicted octanol–water partition coefficient (Wildman–Crippen LogP) is 5.77. The Balaban J connectivity index is 4.26. The van der Waals surface area contributed by atoms with Crippen molar-refractivity contribution >= 4 is 17.7 Å². The van der Waals surface area contributed by atoms with E-state index in [-0.39, 0.29) is 0 Å². The van der Waals surface area contributed by atoms with Gasteiger partial charge in [-0.05, 0) is 35.8 Å². The summed E-state index contributed by atoms with van der Waals surface area (Å²) in [4.78, 5) is 17.1. The van der Waals surface area contributed by atoms with E-state index in [1.807, 2.05) is 11.8 Å². The molecule has 0 aliphatic carbocycles. The third kappa shape index (κ3) is 14.1. The Morgan fingerprint density at radius 3 is 1.48 bits per heavy atom. The largest absolute Gasteiger partial charge is 0.375 e. The Kier molecular flexibility index (Phi) is 14.0. The van der Waals surface area contributed by atoms with Gasteiger partial charge in [0.25, 0.3) is 0 Å². The molecule has 0 rings (SSSR count). The molecule has 1 amide bonds. The smallest absolute Gasteiger partial charge is 0.223 e. The van der Waals surface area contributed by atoms with Crippen LogP contribution in [0.5, 0.6) is 0 Å². The van der Waals surface area contributed by atoms with E-state index in [0.717, 1.165) is 44.1 Å². The first-order chi connectivity index (χ1) is 12.5. The summed E-state index contributed by atoms with van der Waals surface area (Å²) >= 11 is 1.89. The standard InChI is InChI=1S/C23H46N2OS/c1-18(2)14-24(15-19(3)4)22(9)10-12-27-13-11-23(26)25(16-20(5)6)17-21(7)8/h18-21H,9-17H2,1-8H3. The lowest BCUT2D eigenvalue weighted by Gasteiger charge is -2.30. The minimum Gasteiger partial charge on any atom is -0.375 e. The number of thioether (sulfide) groups is 1. The van der Waals surface area contributed by atoms with Crippen LogP contribution in [0.1, 0.15) is 68.2 Å². The Bertz CT molecular complexity index is 361. The van der Waals surface area contributed by atoms with Crippen molar-refractivity contribution in [2.75, 3.05) is 37.7 Å². The second-order valence-corrected chi connectivity index (χ2v) is 10.7. The van der Waals surface area contributed by atoms with Crippen LogP contribution in [0.4, 0.5) is 0 Å². The minimum absolute atomic E-state index is 0.310. The van der Waals surface area contributed by atoms with E-state index in [4.69, 9.17) is 0 Å². The molecule has 0 aliphatic heterocycles. The van der Waals surface area contributed by atoms with Gasteiger partial charge in [0.2, 0.25) is 5.91 Å². The van der Waals surface area contributed by atoms with Crippen LogP contribution in [0.2, 0.25) is 0 Å². The molecule has 27 heavy (non-hydrogen) atoms. The molecule has 0 atom stereocenters. The molecule has 0 radical (unpaired) electrons. The van der Waals surface area contributed by atoms with E-state index >= 15 is 0 Å². The number of allylic oxidation sites excluding steroid dienone is 1. The first-order valence-corrected chi connectivity index (χ1v) is 12.0. The molecule has 0 N–H and O–H groups in total. The van der Waals surface area contributed by atoms with Gasteiger partial charge < -0.3 is 9.80 Å². The average molecular weight is 399 g/mol. The van der Waals surface area contributed by atoms with E-state index in [0.29, 0.717) is 36.0 Å². The fourth-order valence-electron chi connectivity index (χ4n) is 3.14. The molecule has 0 aromatic rings. The van der Waals surface area contributed by atoms with Gasteiger partial charge >= 0.3 is 0 Å². The first kappa shape index (κ1) is 26.4. The molecule has 0 fully saturated rings. The highest BCUT2D eigenvalue weighted by atomic mass is 32.2. The number of hydrogen-bond donors (Lipinski definition) is 0. The topological polar surface area (TPSA) is 23.6 Å². The molecule has 0 aromatic carbocycles. The monoisotopic (exact) mass is 398 g/mol. The molecule has 0 aliphatic rings. The normalized spacial score (nSPS) is 11.7. The van der Waals surface area contributed by atoms with E-state index in [1.54, 1.807) is 0 Å². The van der Waals surface area contributed by atoms with Crippen molar-refractivity contribution in [2.24, 2.45) is 23.7 Å². The highest BCUT2D eigenvalue weighted by Gasteiger charge is 2.16. The maximum atomic E-state index is 12.5. The van der Waals surface area contributed by atoms with E-state index < -0.39 is 0 Å². The summed E-state index contributed by atoms with van der Waals surface area (Å²) in [5.41, 5.74) is 1.25. The van der Waals surface area contributed by atoms with Crippen LogP contribution in [0.25, 0.3) is 0 Å². The van der Waals surface area contributed by atoms with E-state index in [1.165, 1.54) is 5.70 Å². The molecule has 0 aromatic heterocycles.